The molecule has 33 heavy (non-hydrogen) atoms. The number of aliphatic hydroxyl groups is 1. The summed E-state index contributed by atoms with van der Waals surface area (Å²) in [6.45, 7) is 1.44. The van der Waals surface area contributed by atoms with Gasteiger partial charge in [0.1, 0.15) is 17.9 Å². The van der Waals surface area contributed by atoms with Gasteiger partial charge in [0.25, 0.3) is 10.0 Å². The number of imidazole rings is 1. The summed E-state index contributed by atoms with van der Waals surface area (Å²) in [5.74, 6) is 1.63. The number of rotatable bonds is 5. The van der Waals surface area contributed by atoms with Gasteiger partial charge in [-0.2, -0.15) is 0 Å². The molecular weight excluding hydrogens is 442 g/mol. The number of hydrogen-bond acceptors (Lipinski definition) is 7. The van der Waals surface area contributed by atoms with E-state index in [0.717, 1.165) is 25.0 Å². The quantitative estimate of drug-likeness (QED) is 0.412. The van der Waals surface area contributed by atoms with Gasteiger partial charge in [-0.25, -0.2) is 22.4 Å². The van der Waals surface area contributed by atoms with Gasteiger partial charge in [0.05, 0.1) is 16.6 Å². The second kappa shape index (κ2) is 7.55. The van der Waals surface area contributed by atoms with Gasteiger partial charge in [-0.1, -0.05) is 18.2 Å². The second-order valence-corrected chi connectivity index (χ2v) is 9.85. The summed E-state index contributed by atoms with van der Waals surface area (Å²) in [4.78, 5) is 9.47. The molecule has 1 saturated heterocycles. The van der Waals surface area contributed by atoms with Crippen molar-refractivity contribution in [3.8, 4) is 11.6 Å². The molecule has 2 N–H and O–H groups in total. The zero-order chi connectivity index (χ0) is 22.6. The smallest absolute Gasteiger partial charge is 0.269 e. The van der Waals surface area contributed by atoms with E-state index in [9.17, 15) is 13.5 Å². The van der Waals surface area contributed by atoms with Crippen LogP contribution in [0.2, 0.25) is 0 Å². The summed E-state index contributed by atoms with van der Waals surface area (Å²) < 4.78 is 35.7. The third kappa shape index (κ3) is 3.10. The third-order valence-corrected chi connectivity index (χ3v) is 7.75. The van der Waals surface area contributed by atoms with Crippen LogP contribution in [0.3, 0.4) is 0 Å². The van der Waals surface area contributed by atoms with Crippen LogP contribution in [0.15, 0.2) is 70.2 Å². The molecule has 1 fully saturated rings. The van der Waals surface area contributed by atoms with Gasteiger partial charge >= 0.3 is 0 Å². The molecule has 0 bridgehead atoms. The van der Waals surface area contributed by atoms with E-state index in [1.165, 1.54) is 3.97 Å². The molecule has 1 aliphatic heterocycles. The lowest BCUT2D eigenvalue weighted by Gasteiger charge is -2.15. The summed E-state index contributed by atoms with van der Waals surface area (Å²) in [7, 11) is -3.80. The Morgan fingerprint density at radius 1 is 1.15 bits per heavy atom. The highest BCUT2D eigenvalue weighted by molar-refractivity contribution is 7.90. The Morgan fingerprint density at radius 2 is 2.00 bits per heavy atom. The highest BCUT2D eigenvalue weighted by Gasteiger charge is 2.28. The van der Waals surface area contributed by atoms with E-state index >= 15 is 0 Å². The number of nitrogens with one attached hydrogen (secondary N) is 1. The number of nitrogens with zero attached hydrogens (tertiary/aromatic N) is 4. The van der Waals surface area contributed by atoms with E-state index in [2.05, 4.69) is 14.9 Å². The van der Waals surface area contributed by atoms with Crippen molar-refractivity contribution in [2.45, 2.75) is 24.0 Å². The first-order valence-corrected chi connectivity index (χ1v) is 12.1. The van der Waals surface area contributed by atoms with Gasteiger partial charge in [0, 0.05) is 24.2 Å². The van der Waals surface area contributed by atoms with E-state index in [1.54, 1.807) is 60.9 Å². The average Bonchev–Trinajstić information content (AvgIpc) is 3.63. The van der Waals surface area contributed by atoms with Gasteiger partial charge in [-0.3, -0.25) is 0 Å². The molecule has 9 nitrogen and oxygen atoms in total. The monoisotopic (exact) mass is 463 g/mol. The van der Waals surface area contributed by atoms with E-state index < -0.39 is 10.0 Å². The molecule has 0 radical (unpaired) electrons. The molecule has 0 amide bonds. The number of benzene rings is 1. The molecule has 0 saturated carbocycles. The van der Waals surface area contributed by atoms with Crippen molar-refractivity contribution < 1.29 is 17.9 Å². The van der Waals surface area contributed by atoms with Crippen molar-refractivity contribution in [1.82, 2.24) is 23.8 Å². The average molecular weight is 464 g/mol. The van der Waals surface area contributed by atoms with Crippen molar-refractivity contribution >= 4 is 32.1 Å². The number of aliphatic hydroxyl groups excluding tert-OH is 1. The molecule has 0 unspecified atom stereocenters. The van der Waals surface area contributed by atoms with Gasteiger partial charge in [0.2, 0.25) is 0 Å². The molecule has 0 spiro atoms. The maximum absolute atomic E-state index is 13.3. The van der Waals surface area contributed by atoms with Crippen LogP contribution in [0, 0.1) is 0 Å². The van der Waals surface area contributed by atoms with Crippen LogP contribution < -0.4 is 5.32 Å². The van der Waals surface area contributed by atoms with Crippen LogP contribution in [-0.4, -0.2) is 45.1 Å². The lowest BCUT2D eigenvalue weighted by molar-refractivity contribution is 0.248. The Hall–Kier alpha value is -3.47. The maximum atomic E-state index is 13.3. The fourth-order valence-corrected chi connectivity index (χ4v) is 5.84. The van der Waals surface area contributed by atoms with Crippen molar-refractivity contribution in [3.05, 3.63) is 66.7 Å². The second-order valence-electron chi connectivity index (χ2n) is 8.04. The summed E-state index contributed by atoms with van der Waals surface area (Å²) in [5.41, 5.74) is 1.81. The number of pyridine rings is 1. The minimum absolute atomic E-state index is 0.118. The Morgan fingerprint density at radius 3 is 2.73 bits per heavy atom. The van der Waals surface area contributed by atoms with E-state index in [1.807, 2.05) is 0 Å². The van der Waals surface area contributed by atoms with Gasteiger partial charge < -0.3 is 19.4 Å². The zero-order valence-electron chi connectivity index (χ0n) is 17.5. The standard InChI is InChI=1S/C23H21N5O4S/c29-14-16-6-7-20(32-16)23-26-19-13-25-22-18(21(19)28(23)15-8-10-24-12-15)9-11-27(22)33(30,31)17-4-2-1-3-5-17/h1-7,9,11,13,15,24,29H,8,10,12,14H2/t15-/m1/s1. The lowest BCUT2D eigenvalue weighted by Crippen LogP contribution is -2.14. The predicted molar refractivity (Wildman–Crippen MR) is 122 cm³/mol. The predicted octanol–water partition coefficient (Wildman–Crippen LogP) is 2.91. The van der Waals surface area contributed by atoms with Crippen LogP contribution in [0.4, 0.5) is 0 Å². The highest BCUT2D eigenvalue weighted by atomic mass is 32.2. The first kappa shape index (κ1) is 20.2. The minimum Gasteiger partial charge on any atom is -0.455 e. The number of aromatic nitrogens is 4. The highest BCUT2D eigenvalue weighted by Crippen LogP contribution is 2.35. The lowest BCUT2D eigenvalue weighted by atomic mass is 10.2. The molecule has 1 atom stereocenters. The molecule has 1 aromatic carbocycles. The third-order valence-electron chi connectivity index (χ3n) is 6.07. The van der Waals surface area contributed by atoms with Gasteiger partial charge in [-0.15, -0.1) is 0 Å². The van der Waals surface area contributed by atoms with Crippen LogP contribution in [0.5, 0.6) is 0 Å². The molecule has 5 aromatic rings. The van der Waals surface area contributed by atoms with Gasteiger partial charge in [-0.05, 0) is 43.3 Å². The van der Waals surface area contributed by atoms with Crippen LogP contribution in [0.1, 0.15) is 18.2 Å². The van der Waals surface area contributed by atoms with Crippen molar-refractivity contribution in [2.24, 2.45) is 0 Å². The fourth-order valence-electron chi connectivity index (χ4n) is 4.52. The van der Waals surface area contributed by atoms with Crippen LogP contribution in [0.25, 0.3) is 33.7 Å². The SMILES string of the molecule is O=S(=O)(c1ccccc1)n1ccc2c1ncc1nc(-c3ccc(CO)o3)n([C@@H]3CCNC3)c12. The molecule has 1 aliphatic rings. The summed E-state index contributed by atoms with van der Waals surface area (Å²) in [6.07, 6.45) is 4.05. The molecule has 0 aliphatic carbocycles. The van der Waals surface area contributed by atoms with E-state index in [4.69, 9.17) is 9.40 Å². The Balaban J connectivity index is 1.61. The number of hydrogen-bond donors (Lipinski definition) is 2. The Bertz CT molecular complexity index is 1580. The fraction of sp³-hybridized carbons (Fsp3) is 0.217. The molecule has 6 rings (SSSR count). The van der Waals surface area contributed by atoms with Gasteiger partial charge in [0.15, 0.2) is 17.2 Å². The van der Waals surface area contributed by atoms with Crippen molar-refractivity contribution in [1.29, 1.82) is 0 Å². The molecule has 168 valence electrons. The Kier molecular flexibility index (Phi) is 4.61. The number of furan rings is 1. The molecule has 5 heterocycles. The largest absolute Gasteiger partial charge is 0.455 e. The molecule has 10 heteroatoms. The zero-order valence-corrected chi connectivity index (χ0v) is 18.4. The first-order chi connectivity index (χ1) is 16.1. The maximum Gasteiger partial charge on any atom is 0.269 e. The van der Waals surface area contributed by atoms with Crippen LogP contribution >= 0.6 is 0 Å². The molecule has 4 aromatic heterocycles. The van der Waals surface area contributed by atoms with E-state index in [0.29, 0.717) is 33.9 Å². The first-order valence-electron chi connectivity index (χ1n) is 10.7. The van der Waals surface area contributed by atoms with Crippen molar-refractivity contribution in [2.75, 3.05) is 13.1 Å². The van der Waals surface area contributed by atoms with Crippen LogP contribution in [-0.2, 0) is 16.6 Å². The summed E-state index contributed by atoms with van der Waals surface area (Å²) >= 11 is 0. The minimum atomic E-state index is -3.80. The van der Waals surface area contributed by atoms with Crippen molar-refractivity contribution in [3.63, 3.8) is 0 Å². The molecular formula is C23H21N5O4S. The normalized spacial score (nSPS) is 16.8. The summed E-state index contributed by atoms with van der Waals surface area (Å²) in [5, 5.41) is 13.5. The number of fused-ring (bicyclic) bond motifs is 3. The topological polar surface area (TPSA) is 115 Å². The Labute approximate surface area is 189 Å². The summed E-state index contributed by atoms with van der Waals surface area (Å²) in [6, 6.07) is 13.7. The van der Waals surface area contributed by atoms with E-state index in [-0.39, 0.29) is 17.5 Å².